The molecule has 1 amide bonds. The number of fused-ring (bicyclic) bond motifs is 3. The molecule has 0 spiro atoms. The van der Waals surface area contributed by atoms with E-state index in [1.807, 2.05) is 4.98 Å². The van der Waals surface area contributed by atoms with Crippen LogP contribution in [0.3, 0.4) is 0 Å². The minimum absolute atomic E-state index is 0.0926. The van der Waals surface area contributed by atoms with Crippen molar-refractivity contribution in [2.45, 2.75) is 50.2 Å². The molecule has 0 radical (unpaired) electrons. The largest absolute Gasteiger partial charge is 0.378 e. The van der Waals surface area contributed by atoms with E-state index in [1.165, 1.54) is 24.3 Å². The zero-order valence-electron chi connectivity index (χ0n) is 19.6. The molecule has 3 aromatic rings. The molecule has 36 heavy (non-hydrogen) atoms. The number of morpholine rings is 1. The molecule has 2 fully saturated rings. The molecule has 2 bridgehead atoms. The van der Waals surface area contributed by atoms with Crippen molar-refractivity contribution in [1.82, 2.24) is 20.6 Å². The van der Waals surface area contributed by atoms with Gasteiger partial charge in [-0.1, -0.05) is 6.07 Å². The number of aromatic amines is 2. The number of nitrogens with one attached hydrogen (secondary N) is 4. The van der Waals surface area contributed by atoms with Crippen LogP contribution in [0.15, 0.2) is 46.0 Å². The summed E-state index contributed by atoms with van der Waals surface area (Å²) in [6.45, 7) is 3.08. The van der Waals surface area contributed by atoms with E-state index in [4.69, 9.17) is 4.74 Å². The molecular weight excluding hydrogens is 477 g/mol. The number of carbonyl (C=O) groups excluding carboxylic acids is 1. The fourth-order valence-electron chi connectivity index (χ4n) is 4.67. The molecular formula is C25H27F3N4O4. The Labute approximate surface area is 204 Å². The van der Waals surface area contributed by atoms with E-state index in [0.29, 0.717) is 31.0 Å². The van der Waals surface area contributed by atoms with Gasteiger partial charge in [0, 0.05) is 29.6 Å². The number of halogens is 3. The standard InChI is InChI=1S/C17H22F2N2O2.C8H5FN2O2/c1-11(14-3-2-12(18)8-15(14)19)20-16(22)5-7-17-6-4-13(21-17)9-23-10-17;9-4-1-2-6-5(3-4)7(12)11-8(13)10-6/h2-3,8,11,13,21H,4-7,9-10H2,1H3,(H,20,22);1-3H,(H2,10,11,12,13). The van der Waals surface area contributed by atoms with Crippen LogP contribution in [-0.4, -0.2) is 40.7 Å². The molecule has 0 aliphatic carbocycles. The summed E-state index contributed by atoms with van der Waals surface area (Å²) in [7, 11) is 0. The van der Waals surface area contributed by atoms with Gasteiger partial charge in [-0.25, -0.2) is 18.0 Å². The maximum atomic E-state index is 13.7. The lowest BCUT2D eigenvalue weighted by Gasteiger charge is -2.34. The van der Waals surface area contributed by atoms with E-state index in [-0.39, 0.29) is 22.4 Å². The topological polar surface area (TPSA) is 116 Å². The van der Waals surface area contributed by atoms with Crippen LogP contribution in [0, 0.1) is 17.5 Å². The molecule has 4 N–H and O–H groups in total. The summed E-state index contributed by atoms with van der Waals surface area (Å²) in [5, 5.41) is 6.47. The van der Waals surface area contributed by atoms with Crippen molar-refractivity contribution >= 4 is 16.8 Å². The zero-order valence-corrected chi connectivity index (χ0v) is 19.6. The Balaban J connectivity index is 0.000000197. The van der Waals surface area contributed by atoms with Crippen molar-refractivity contribution in [1.29, 1.82) is 0 Å². The van der Waals surface area contributed by atoms with Crippen molar-refractivity contribution < 1.29 is 22.7 Å². The first-order chi connectivity index (χ1) is 17.1. The summed E-state index contributed by atoms with van der Waals surface area (Å²) < 4.78 is 44.9. The number of benzene rings is 2. The molecule has 3 atom stereocenters. The Bertz CT molecular complexity index is 1370. The predicted octanol–water partition coefficient (Wildman–Crippen LogP) is 2.80. The van der Waals surface area contributed by atoms with Crippen LogP contribution in [0.1, 0.15) is 44.2 Å². The fraction of sp³-hybridized carbons (Fsp3) is 0.400. The van der Waals surface area contributed by atoms with Gasteiger partial charge in [-0.15, -0.1) is 0 Å². The first-order valence-corrected chi connectivity index (χ1v) is 11.7. The summed E-state index contributed by atoms with van der Waals surface area (Å²) in [6, 6.07) is 6.91. The summed E-state index contributed by atoms with van der Waals surface area (Å²) in [5.41, 5.74) is -0.652. The van der Waals surface area contributed by atoms with Gasteiger partial charge in [-0.2, -0.15) is 0 Å². The fourth-order valence-corrected chi connectivity index (χ4v) is 4.67. The molecule has 1 aromatic heterocycles. The van der Waals surface area contributed by atoms with Crippen molar-refractivity contribution in [3.05, 3.63) is 80.3 Å². The van der Waals surface area contributed by atoms with E-state index in [2.05, 4.69) is 15.6 Å². The van der Waals surface area contributed by atoms with Crippen LogP contribution in [0.2, 0.25) is 0 Å². The molecule has 2 aliphatic rings. The number of amides is 1. The monoisotopic (exact) mass is 504 g/mol. The Kier molecular flexibility index (Phi) is 7.60. The summed E-state index contributed by atoms with van der Waals surface area (Å²) in [5.74, 6) is -1.91. The normalized spacial score (nSPS) is 21.5. The van der Waals surface area contributed by atoms with E-state index in [1.54, 1.807) is 6.92 Å². The highest BCUT2D eigenvalue weighted by Crippen LogP contribution is 2.32. The molecule has 2 aliphatic heterocycles. The van der Waals surface area contributed by atoms with Crippen molar-refractivity contribution in [2.24, 2.45) is 0 Å². The maximum absolute atomic E-state index is 13.7. The second-order valence-electron chi connectivity index (χ2n) is 9.23. The molecule has 0 saturated carbocycles. The highest BCUT2D eigenvalue weighted by atomic mass is 19.1. The zero-order chi connectivity index (χ0) is 25.9. The van der Waals surface area contributed by atoms with Crippen LogP contribution in [0.5, 0.6) is 0 Å². The van der Waals surface area contributed by atoms with Crippen LogP contribution in [0.4, 0.5) is 13.2 Å². The average molecular weight is 505 g/mol. The van der Waals surface area contributed by atoms with Gasteiger partial charge in [-0.3, -0.25) is 14.6 Å². The number of aromatic nitrogens is 2. The number of H-pyrrole nitrogens is 2. The van der Waals surface area contributed by atoms with Crippen LogP contribution >= 0.6 is 0 Å². The third-order valence-corrected chi connectivity index (χ3v) is 6.52. The molecule has 3 heterocycles. The minimum atomic E-state index is -0.641. The summed E-state index contributed by atoms with van der Waals surface area (Å²) >= 11 is 0. The van der Waals surface area contributed by atoms with Gasteiger partial charge < -0.3 is 20.4 Å². The quantitative estimate of drug-likeness (QED) is 0.427. The Morgan fingerprint density at radius 3 is 2.67 bits per heavy atom. The van der Waals surface area contributed by atoms with Crippen molar-refractivity contribution in [3.8, 4) is 0 Å². The lowest BCUT2D eigenvalue weighted by Crippen LogP contribution is -2.53. The summed E-state index contributed by atoms with van der Waals surface area (Å²) in [4.78, 5) is 38.4. The molecule has 2 saturated heterocycles. The molecule has 2 aromatic carbocycles. The number of rotatable bonds is 5. The highest BCUT2D eigenvalue weighted by Gasteiger charge is 2.42. The van der Waals surface area contributed by atoms with Gasteiger partial charge in [0.2, 0.25) is 5.91 Å². The van der Waals surface area contributed by atoms with E-state index in [9.17, 15) is 27.6 Å². The minimum Gasteiger partial charge on any atom is -0.378 e. The second-order valence-corrected chi connectivity index (χ2v) is 9.23. The Morgan fingerprint density at radius 2 is 1.89 bits per heavy atom. The Hall–Kier alpha value is -3.44. The highest BCUT2D eigenvalue weighted by molar-refractivity contribution is 5.77. The Morgan fingerprint density at radius 1 is 1.14 bits per heavy atom. The summed E-state index contributed by atoms with van der Waals surface area (Å²) in [6.07, 6.45) is 3.16. The number of hydrogen-bond donors (Lipinski definition) is 4. The smallest absolute Gasteiger partial charge is 0.326 e. The first kappa shape index (κ1) is 25.6. The lowest BCUT2D eigenvalue weighted by atomic mass is 9.92. The van der Waals surface area contributed by atoms with Gasteiger partial charge in [0.05, 0.1) is 30.2 Å². The molecule has 11 heteroatoms. The number of hydrogen-bond acceptors (Lipinski definition) is 5. The van der Waals surface area contributed by atoms with Crippen LogP contribution in [-0.2, 0) is 9.53 Å². The van der Waals surface area contributed by atoms with Crippen molar-refractivity contribution in [3.63, 3.8) is 0 Å². The molecule has 192 valence electrons. The van der Waals surface area contributed by atoms with Crippen molar-refractivity contribution in [2.75, 3.05) is 13.2 Å². The average Bonchev–Trinajstić information content (AvgIpc) is 3.12. The molecule has 3 unspecified atom stereocenters. The van der Waals surface area contributed by atoms with Gasteiger partial charge in [0.1, 0.15) is 17.5 Å². The second kappa shape index (κ2) is 10.7. The van der Waals surface area contributed by atoms with E-state index in [0.717, 1.165) is 31.6 Å². The number of carbonyl (C=O) groups is 1. The van der Waals surface area contributed by atoms with Gasteiger partial charge >= 0.3 is 5.69 Å². The molecule has 5 rings (SSSR count). The first-order valence-electron chi connectivity index (χ1n) is 11.7. The van der Waals surface area contributed by atoms with Crippen LogP contribution < -0.4 is 21.9 Å². The van der Waals surface area contributed by atoms with E-state index >= 15 is 0 Å². The van der Waals surface area contributed by atoms with Gasteiger partial charge in [0.15, 0.2) is 0 Å². The maximum Gasteiger partial charge on any atom is 0.326 e. The van der Waals surface area contributed by atoms with Crippen LogP contribution in [0.25, 0.3) is 10.9 Å². The van der Waals surface area contributed by atoms with E-state index < -0.39 is 34.7 Å². The number of ether oxygens (including phenoxy) is 1. The van der Waals surface area contributed by atoms with Gasteiger partial charge in [-0.05, 0) is 50.5 Å². The predicted molar refractivity (Wildman–Crippen MR) is 127 cm³/mol. The molecule has 8 nitrogen and oxygen atoms in total. The SMILES string of the molecule is CC(NC(=O)CCC12CCC(COC1)N2)c1ccc(F)cc1F.O=c1[nH]c(=O)c2cc(F)ccc2[nH]1. The third-order valence-electron chi connectivity index (χ3n) is 6.52. The third kappa shape index (κ3) is 6.03. The van der Waals surface area contributed by atoms with Gasteiger partial charge in [0.25, 0.3) is 5.56 Å². The lowest BCUT2D eigenvalue weighted by molar-refractivity contribution is -0.122.